The van der Waals surface area contributed by atoms with Crippen LogP contribution < -0.4 is 0 Å². The van der Waals surface area contributed by atoms with Crippen LogP contribution in [0.1, 0.15) is 123 Å². The number of unbranched alkanes of at least 4 members (excludes halogenated alkanes) is 2. The molecular formula is C36H58O3. The number of aliphatic hydroxyl groups is 1. The molecule has 0 amide bonds. The standard InChI is InChI=1S/C36H58O3/c1-4-5-6-7-28-12-15-35-23-34(21-20-33(35)22-28)32-18-16-31(17-19-32)30-13-10-27(11-14-30)8-9-29(24-37)25-39-36(38)26(2)3/h12,15,22,27,29-35,37H,2,4-11,13-14,16-21,23-25H2,1,3H3. The van der Waals surface area contributed by atoms with Crippen LogP contribution in [0, 0.1) is 47.3 Å². The first-order chi connectivity index (χ1) is 19.0. The van der Waals surface area contributed by atoms with E-state index in [2.05, 4.69) is 31.7 Å². The number of hydrogen-bond donors (Lipinski definition) is 1. The maximum atomic E-state index is 11.7. The van der Waals surface area contributed by atoms with Gasteiger partial charge in [0.25, 0.3) is 0 Å². The van der Waals surface area contributed by atoms with Crippen LogP contribution in [-0.4, -0.2) is 24.3 Å². The molecule has 3 nitrogen and oxygen atoms in total. The maximum absolute atomic E-state index is 11.7. The summed E-state index contributed by atoms with van der Waals surface area (Å²) in [5.74, 6) is 6.00. The summed E-state index contributed by atoms with van der Waals surface area (Å²) in [7, 11) is 0. The number of fused-ring (bicyclic) bond motifs is 1. The normalized spacial score (nSPS) is 33.6. The summed E-state index contributed by atoms with van der Waals surface area (Å²) in [5, 5.41) is 9.72. The van der Waals surface area contributed by atoms with Crippen LogP contribution in [0.2, 0.25) is 0 Å². The lowest BCUT2D eigenvalue weighted by atomic mass is 9.62. The smallest absolute Gasteiger partial charge is 0.333 e. The van der Waals surface area contributed by atoms with Crippen LogP contribution in [0.4, 0.5) is 0 Å². The Bertz CT molecular complexity index is 824. The molecule has 0 aliphatic heterocycles. The number of esters is 1. The fourth-order valence-corrected chi connectivity index (χ4v) is 8.49. The molecule has 3 fully saturated rings. The highest BCUT2D eigenvalue weighted by atomic mass is 16.5. The Morgan fingerprint density at radius 2 is 1.59 bits per heavy atom. The maximum Gasteiger partial charge on any atom is 0.333 e. The lowest BCUT2D eigenvalue weighted by Crippen LogP contribution is -2.32. The molecule has 39 heavy (non-hydrogen) atoms. The van der Waals surface area contributed by atoms with E-state index in [1.807, 2.05) is 0 Å². The molecule has 0 aromatic carbocycles. The summed E-state index contributed by atoms with van der Waals surface area (Å²) in [6.45, 7) is 8.02. The molecule has 1 N–H and O–H groups in total. The Kier molecular flexibility index (Phi) is 12.2. The van der Waals surface area contributed by atoms with Crippen LogP contribution in [-0.2, 0) is 9.53 Å². The number of aliphatic hydroxyl groups excluding tert-OH is 1. The summed E-state index contributed by atoms with van der Waals surface area (Å²) < 4.78 is 5.29. The predicted molar refractivity (Wildman–Crippen MR) is 162 cm³/mol. The van der Waals surface area contributed by atoms with Crippen LogP contribution in [0.3, 0.4) is 0 Å². The SMILES string of the molecule is C=C(C)C(=O)OCC(CO)CCC1CCC(C2CCC(C3CCC4C=C(CCCCC)C=CC4C3)CC2)CC1. The van der Waals surface area contributed by atoms with Crippen molar-refractivity contribution in [3.05, 3.63) is 36.0 Å². The molecule has 3 saturated carbocycles. The van der Waals surface area contributed by atoms with E-state index in [0.29, 0.717) is 12.2 Å². The van der Waals surface area contributed by atoms with E-state index >= 15 is 0 Å². The van der Waals surface area contributed by atoms with Gasteiger partial charge in [0.15, 0.2) is 0 Å². The molecule has 0 saturated heterocycles. The third kappa shape index (κ3) is 9.07. The van der Waals surface area contributed by atoms with E-state index in [1.165, 1.54) is 96.3 Å². The van der Waals surface area contributed by atoms with Crippen LogP contribution >= 0.6 is 0 Å². The van der Waals surface area contributed by atoms with Gasteiger partial charge >= 0.3 is 5.97 Å². The topological polar surface area (TPSA) is 46.5 Å². The molecule has 0 spiro atoms. The van der Waals surface area contributed by atoms with Crippen LogP contribution in [0.25, 0.3) is 0 Å². The van der Waals surface area contributed by atoms with E-state index in [0.717, 1.165) is 54.3 Å². The monoisotopic (exact) mass is 538 g/mol. The van der Waals surface area contributed by atoms with Gasteiger partial charge in [-0.1, -0.05) is 63.0 Å². The molecule has 4 unspecified atom stereocenters. The molecule has 0 heterocycles. The minimum Gasteiger partial charge on any atom is -0.462 e. The fourth-order valence-electron chi connectivity index (χ4n) is 8.49. The highest BCUT2D eigenvalue weighted by Crippen LogP contribution is 2.48. The second-order valence-corrected chi connectivity index (χ2v) is 13.9. The molecule has 4 aliphatic carbocycles. The number of allylic oxidation sites excluding steroid dienone is 4. The lowest BCUT2D eigenvalue weighted by molar-refractivity contribution is -0.140. The van der Waals surface area contributed by atoms with Crippen LogP contribution in [0.15, 0.2) is 36.0 Å². The largest absolute Gasteiger partial charge is 0.462 e. The van der Waals surface area contributed by atoms with Gasteiger partial charge in [0.2, 0.25) is 0 Å². The van der Waals surface area contributed by atoms with Gasteiger partial charge in [-0.25, -0.2) is 4.79 Å². The van der Waals surface area contributed by atoms with Crippen molar-refractivity contribution in [3.8, 4) is 0 Å². The summed E-state index contributed by atoms with van der Waals surface area (Å²) >= 11 is 0. The summed E-state index contributed by atoms with van der Waals surface area (Å²) in [6.07, 6.45) is 30.9. The van der Waals surface area contributed by atoms with Crippen molar-refractivity contribution in [1.82, 2.24) is 0 Å². The minimum atomic E-state index is -0.342. The van der Waals surface area contributed by atoms with Gasteiger partial charge in [0, 0.05) is 18.1 Å². The second-order valence-electron chi connectivity index (χ2n) is 13.9. The Balaban J connectivity index is 1.12. The van der Waals surface area contributed by atoms with Gasteiger partial charge in [0.1, 0.15) is 0 Å². The Morgan fingerprint density at radius 1 is 0.949 bits per heavy atom. The number of hydrogen-bond acceptors (Lipinski definition) is 3. The molecule has 0 radical (unpaired) electrons. The average Bonchev–Trinajstić information content (AvgIpc) is 2.97. The van der Waals surface area contributed by atoms with Crippen molar-refractivity contribution in [2.24, 2.45) is 47.3 Å². The average molecular weight is 539 g/mol. The zero-order chi connectivity index (χ0) is 27.6. The van der Waals surface area contributed by atoms with Crippen molar-refractivity contribution in [3.63, 3.8) is 0 Å². The number of carbonyl (C=O) groups excluding carboxylic acids is 1. The summed E-state index contributed by atoms with van der Waals surface area (Å²) in [6, 6.07) is 0. The van der Waals surface area contributed by atoms with Crippen molar-refractivity contribution in [2.45, 2.75) is 123 Å². The number of ether oxygens (including phenoxy) is 1. The highest BCUT2D eigenvalue weighted by molar-refractivity contribution is 5.86. The van der Waals surface area contributed by atoms with Gasteiger partial charge in [-0.15, -0.1) is 0 Å². The van der Waals surface area contributed by atoms with E-state index in [9.17, 15) is 9.90 Å². The van der Waals surface area contributed by atoms with Crippen molar-refractivity contribution < 1.29 is 14.6 Å². The first-order valence-corrected chi connectivity index (χ1v) is 16.8. The predicted octanol–water partition coefficient (Wildman–Crippen LogP) is 9.22. The van der Waals surface area contributed by atoms with Gasteiger partial charge in [-0.3, -0.25) is 0 Å². The highest BCUT2D eigenvalue weighted by Gasteiger charge is 2.37. The molecule has 4 rings (SSSR count). The third-order valence-corrected chi connectivity index (χ3v) is 11.1. The van der Waals surface area contributed by atoms with E-state index in [1.54, 1.807) is 12.5 Å². The number of carbonyl (C=O) groups is 1. The quantitative estimate of drug-likeness (QED) is 0.144. The van der Waals surface area contributed by atoms with Gasteiger partial charge in [-0.2, -0.15) is 0 Å². The van der Waals surface area contributed by atoms with E-state index < -0.39 is 0 Å². The van der Waals surface area contributed by atoms with Gasteiger partial charge in [-0.05, 0) is 132 Å². The molecular weight excluding hydrogens is 480 g/mol. The molecule has 0 aromatic heterocycles. The zero-order valence-electron chi connectivity index (χ0n) is 25.3. The Labute approximate surface area is 239 Å². The van der Waals surface area contributed by atoms with Crippen molar-refractivity contribution in [1.29, 1.82) is 0 Å². The fraction of sp³-hybridized carbons (Fsp3) is 0.806. The summed E-state index contributed by atoms with van der Waals surface area (Å²) in [5.41, 5.74) is 2.05. The first kappa shape index (κ1) is 30.6. The molecule has 3 heteroatoms. The third-order valence-electron chi connectivity index (χ3n) is 11.1. The van der Waals surface area contributed by atoms with Crippen molar-refractivity contribution >= 4 is 5.97 Å². The van der Waals surface area contributed by atoms with Gasteiger partial charge in [0.05, 0.1) is 6.61 Å². The molecule has 4 atom stereocenters. The number of rotatable bonds is 13. The second kappa shape index (κ2) is 15.6. The van der Waals surface area contributed by atoms with E-state index in [-0.39, 0.29) is 18.5 Å². The molecule has 0 bridgehead atoms. The Hall–Kier alpha value is -1.35. The minimum absolute atomic E-state index is 0.0596. The van der Waals surface area contributed by atoms with Gasteiger partial charge < -0.3 is 9.84 Å². The molecule has 4 aliphatic rings. The summed E-state index contributed by atoms with van der Waals surface area (Å²) in [4.78, 5) is 11.7. The van der Waals surface area contributed by atoms with Crippen molar-refractivity contribution in [2.75, 3.05) is 13.2 Å². The molecule has 220 valence electrons. The van der Waals surface area contributed by atoms with E-state index in [4.69, 9.17) is 4.74 Å². The lowest BCUT2D eigenvalue weighted by Gasteiger charge is -2.43. The molecule has 0 aromatic rings. The van der Waals surface area contributed by atoms with Crippen LogP contribution in [0.5, 0.6) is 0 Å². The zero-order valence-corrected chi connectivity index (χ0v) is 25.3. The first-order valence-electron chi connectivity index (χ1n) is 16.8. The Morgan fingerprint density at radius 3 is 2.23 bits per heavy atom.